The van der Waals surface area contributed by atoms with Crippen LogP contribution in [0.3, 0.4) is 0 Å². The van der Waals surface area contributed by atoms with Crippen LogP contribution in [0.4, 0.5) is 17.6 Å². The molecule has 0 N–H and O–H groups in total. The Kier molecular flexibility index (Phi) is 15.1. The van der Waals surface area contributed by atoms with Crippen LogP contribution in [0.2, 0.25) is 0 Å². The fourth-order valence-corrected chi connectivity index (χ4v) is 8.64. The van der Waals surface area contributed by atoms with Crippen LogP contribution in [0, 0.1) is 41.0 Å². The molecule has 1 saturated carbocycles. The van der Waals surface area contributed by atoms with E-state index in [9.17, 15) is 4.39 Å². The fraction of sp³-hybridized carbons (Fsp3) is 0.565. The third-order valence-electron chi connectivity index (χ3n) is 11.9. The predicted octanol–water partition coefficient (Wildman–Crippen LogP) is 15.2. The summed E-state index contributed by atoms with van der Waals surface area (Å²) < 4.78 is 61.2. The van der Waals surface area contributed by atoms with Gasteiger partial charge in [-0.25, -0.2) is 17.6 Å². The second kappa shape index (κ2) is 19.7. The lowest BCUT2D eigenvalue weighted by atomic mass is 9.70. The predicted molar refractivity (Wildman–Crippen MR) is 203 cm³/mol. The summed E-state index contributed by atoms with van der Waals surface area (Å²) >= 11 is 0. The molecule has 3 aromatic carbocycles. The lowest BCUT2D eigenvalue weighted by Crippen LogP contribution is -2.23. The van der Waals surface area contributed by atoms with Gasteiger partial charge in [0.05, 0.1) is 0 Å². The molecule has 0 spiro atoms. The number of hydrogen-bond donors (Lipinski definition) is 0. The quantitative estimate of drug-likeness (QED) is 0.0922. The van der Waals surface area contributed by atoms with Crippen LogP contribution < -0.4 is 0 Å². The van der Waals surface area contributed by atoms with Gasteiger partial charge in [0.2, 0.25) is 0 Å². The van der Waals surface area contributed by atoms with E-state index >= 15 is 13.2 Å². The van der Waals surface area contributed by atoms with Gasteiger partial charge >= 0.3 is 0 Å². The molecule has 4 heteroatoms. The molecular formula is C46H60F4. The third-order valence-corrected chi connectivity index (χ3v) is 11.9. The molecule has 2 aliphatic carbocycles. The summed E-state index contributed by atoms with van der Waals surface area (Å²) in [6.45, 7) is 4.46. The Morgan fingerprint density at radius 1 is 0.500 bits per heavy atom. The van der Waals surface area contributed by atoms with E-state index in [0.29, 0.717) is 34.6 Å². The van der Waals surface area contributed by atoms with E-state index in [0.717, 1.165) is 55.9 Å². The summed E-state index contributed by atoms with van der Waals surface area (Å²) in [5.74, 6) is -1.01. The molecule has 0 aliphatic heterocycles. The van der Waals surface area contributed by atoms with Crippen LogP contribution in [-0.2, 0) is 6.42 Å². The number of rotatable bonds is 18. The molecule has 0 saturated heterocycles. The Labute approximate surface area is 300 Å². The number of halogens is 4. The number of unbranched alkanes of at least 4 members (excludes halogenated alkanes) is 10. The Balaban J connectivity index is 1.15. The van der Waals surface area contributed by atoms with Gasteiger partial charge in [0, 0.05) is 16.7 Å². The first-order valence-corrected chi connectivity index (χ1v) is 20.2. The lowest BCUT2D eigenvalue weighted by Gasteiger charge is -2.35. The summed E-state index contributed by atoms with van der Waals surface area (Å²) in [5.41, 5.74) is 3.03. The van der Waals surface area contributed by atoms with Gasteiger partial charge in [0.25, 0.3) is 0 Å². The summed E-state index contributed by atoms with van der Waals surface area (Å²) in [7, 11) is 0. The van der Waals surface area contributed by atoms with Gasteiger partial charge in [0.15, 0.2) is 23.3 Å². The first kappa shape index (κ1) is 38.4. The molecule has 0 nitrogen and oxygen atoms in total. The van der Waals surface area contributed by atoms with Crippen molar-refractivity contribution in [2.24, 2.45) is 17.8 Å². The molecule has 3 aromatic rings. The van der Waals surface area contributed by atoms with Gasteiger partial charge in [-0.2, -0.15) is 0 Å². The molecule has 2 aliphatic rings. The van der Waals surface area contributed by atoms with Crippen molar-refractivity contribution in [1.29, 1.82) is 0 Å². The van der Waals surface area contributed by atoms with Gasteiger partial charge in [-0.05, 0) is 85.0 Å². The molecule has 1 fully saturated rings. The zero-order chi connectivity index (χ0) is 35.3. The molecule has 1 unspecified atom stereocenters. The molecule has 0 amide bonds. The molecule has 0 radical (unpaired) electrons. The zero-order valence-electron chi connectivity index (χ0n) is 30.8. The summed E-state index contributed by atoms with van der Waals surface area (Å²) in [6.07, 6.45) is 26.9. The SMILES string of the molecule is CCCCCCCCCc1ccc(-c2ccc(-c3ccc(C4=CCC(C5CCC(CCCCCCC)CC5)CC4)c(F)c3F)cc2)c(F)c1F. The van der Waals surface area contributed by atoms with Crippen LogP contribution in [0.5, 0.6) is 0 Å². The number of hydrogen-bond acceptors (Lipinski definition) is 0. The van der Waals surface area contributed by atoms with Gasteiger partial charge < -0.3 is 0 Å². The molecule has 0 aromatic heterocycles. The highest BCUT2D eigenvalue weighted by molar-refractivity contribution is 5.74. The minimum atomic E-state index is -0.863. The number of aryl methyl sites for hydroxylation is 1. The van der Waals surface area contributed by atoms with Gasteiger partial charge in [0.1, 0.15) is 0 Å². The van der Waals surface area contributed by atoms with Crippen molar-refractivity contribution in [3.8, 4) is 22.3 Å². The maximum atomic E-state index is 15.6. The standard InChI is InChI=1S/C46H60F4/c1-3-5-7-9-10-12-14-16-39-29-30-40(44(48)43(39)47)37-25-27-38(28-26-37)42-32-31-41(45(49)46(42)50)36-23-21-35(22-24-36)34-19-17-33(18-20-34)15-13-11-8-6-4-2/h23,25-35H,3-22,24H2,1-2H3. The van der Waals surface area contributed by atoms with Crippen LogP contribution in [0.1, 0.15) is 153 Å². The van der Waals surface area contributed by atoms with E-state index in [1.807, 2.05) is 0 Å². The van der Waals surface area contributed by atoms with Gasteiger partial charge in [-0.15, -0.1) is 0 Å². The van der Waals surface area contributed by atoms with Crippen molar-refractivity contribution in [2.45, 2.75) is 149 Å². The van der Waals surface area contributed by atoms with Crippen molar-refractivity contribution in [3.05, 3.63) is 89.0 Å². The number of allylic oxidation sites excluding steroid dienone is 2. The fourth-order valence-electron chi connectivity index (χ4n) is 8.64. The highest BCUT2D eigenvalue weighted by atomic mass is 19.2. The van der Waals surface area contributed by atoms with Crippen molar-refractivity contribution >= 4 is 5.57 Å². The maximum absolute atomic E-state index is 15.6. The Hall–Kier alpha value is -2.88. The van der Waals surface area contributed by atoms with Gasteiger partial charge in [-0.1, -0.05) is 158 Å². The Morgan fingerprint density at radius 3 is 1.62 bits per heavy atom. The first-order chi connectivity index (χ1) is 24.4. The Morgan fingerprint density at radius 2 is 1.02 bits per heavy atom. The van der Waals surface area contributed by atoms with Crippen molar-refractivity contribution in [3.63, 3.8) is 0 Å². The van der Waals surface area contributed by atoms with E-state index in [1.54, 1.807) is 48.5 Å². The minimum Gasteiger partial charge on any atom is -0.203 e. The first-order valence-electron chi connectivity index (χ1n) is 20.2. The van der Waals surface area contributed by atoms with Crippen LogP contribution in [0.15, 0.2) is 54.6 Å². The third kappa shape index (κ3) is 10.1. The summed E-state index contributed by atoms with van der Waals surface area (Å²) in [5, 5.41) is 0. The van der Waals surface area contributed by atoms with E-state index < -0.39 is 23.3 Å². The Bertz CT molecular complexity index is 1510. The zero-order valence-corrected chi connectivity index (χ0v) is 30.8. The average molecular weight is 689 g/mol. The second-order valence-corrected chi connectivity index (χ2v) is 15.4. The van der Waals surface area contributed by atoms with E-state index in [4.69, 9.17) is 0 Å². The molecular weight excluding hydrogens is 628 g/mol. The van der Waals surface area contributed by atoms with Crippen molar-refractivity contribution < 1.29 is 17.6 Å². The molecule has 0 heterocycles. The number of benzene rings is 3. The topological polar surface area (TPSA) is 0 Å². The van der Waals surface area contributed by atoms with Crippen molar-refractivity contribution in [1.82, 2.24) is 0 Å². The molecule has 272 valence electrons. The normalized spacial score (nSPS) is 19.5. The van der Waals surface area contributed by atoms with E-state index in [2.05, 4.69) is 19.9 Å². The lowest BCUT2D eigenvalue weighted by molar-refractivity contribution is 0.187. The second-order valence-electron chi connectivity index (χ2n) is 15.4. The summed E-state index contributed by atoms with van der Waals surface area (Å²) in [4.78, 5) is 0. The smallest absolute Gasteiger partial charge is 0.167 e. The minimum absolute atomic E-state index is 0.172. The van der Waals surface area contributed by atoms with Gasteiger partial charge in [-0.3, -0.25) is 0 Å². The van der Waals surface area contributed by atoms with Crippen LogP contribution >= 0.6 is 0 Å². The van der Waals surface area contributed by atoms with Crippen molar-refractivity contribution in [2.75, 3.05) is 0 Å². The monoisotopic (exact) mass is 688 g/mol. The maximum Gasteiger partial charge on any atom is 0.167 e. The highest BCUT2D eigenvalue weighted by Gasteiger charge is 2.29. The van der Waals surface area contributed by atoms with Crippen LogP contribution in [0.25, 0.3) is 27.8 Å². The molecule has 1 atom stereocenters. The highest BCUT2D eigenvalue weighted by Crippen LogP contribution is 2.43. The van der Waals surface area contributed by atoms with Crippen LogP contribution in [-0.4, -0.2) is 0 Å². The van der Waals surface area contributed by atoms with E-state index in [1.165, 1.54) is 89.9 Å². The molecule has 50 heavy (non-hydrogen) atoms. The van der Waals surface area contributed by atoms with E-state index in [-0.39, 0.29) is 11.1 Å². The molecule has 0 bridgehead atoms. The molecule has 5 rings (SSSR count). The largest absolute Gasteiger partial charge is 0.203 e. The average Bonchev–Trinajstić information content (AvgIpc) is 3.14. The summed E-state index contributed by atoms with van der Waals surface area (Å²) in [6, 6.07) is 13.3.